The summed E-state index contributed by atoms with van der Waals surface area (Å²) in [6, 6.07) is 9.44. The molecule has 0 bridgehead atoms. The molecule has 0 aromatic heterocycles. The van der Waals surface area contributed by atoms with Gasteiger partial charge in [-0.1, -0.05) is 43.7 Å². The molecule has 82 valence electrons. The zero-order valence-corrected chi connectivity index (χ0v) is 8.94. The van der Waals surface area contributed by atoms with E-state index in [0.29, 0.717) is 6.42 Å². The molecule has 0 radical (unpaired) electrons. The molecule has 1 rings (SSSR count). The Morgan fingerprint density at radius 3 is 2.47 bits per heavy atom. The van der Waals surface area contributed by atoms with Gasteiger partial charge in [0.2, 0.25) is 0 Å². The SMILES string of the molecule is CCC[C@@](N)(CC(=O)O)c1ccccc1. The number of carboxylic acids is 1. The van der Waals surface area contributed by atoms with Gasteiger partial charge in [-0.2, -0.15) is 0 Å². The normalized spacial score (nSPS) is 14.5. The summed E-state index contributed by atoms with van der Waals surface area (Å²) in [6.07, 6.45) is 1.53. The summed E-state index contributed by atoms with van der Waals surface area (Å²) in [5, 5.41) is 8.86. The standard InChI is InChI=1S/C12H17NO2/c1-2-8-12(13,9-11(14)15)10-6-4-3-5-7-10/h3-7H,2,8-9,13H2,1H3,(H,14,15)/t12-/m1/s1. The van der Waals surface area contributed by atoms with E-state index in [0.717, 1.165) is 12.0 Å². The second-order valence-electron chi connectivity index (χ2n) is 3.84. The third-order valence-corrected chi connectivity index (χ3v) is 2.51. The van der Waals surface area contributed by atoms with Gasteiger partial charge in [-0.3, -0.25) is 4.79 Å². The topological polar surface area (TPSA) is 63.3 Å². The molecule has 1 aromatic rings. The first kappa shape index (κ1) is 11.7. The molecule has 3 heteroatoms. The Hall–Kier alpha value is -1.35. The van der Waals surface area contributed by atoms with Crippen LogP contribution in [0.5, 0.6) is 0 Å². The fourth-order valence-electron chi connectivity index (χ4n) is 1.82. The predicted octanol–water partition coefficient (Wildman–Crippen LogP) is 2.12. The number of hydrogen-bond acceptors (Lipinski definition) is 2. The summed E-state index contributed by atoms with van der Waals surface area (Å²) in [6.45, 7) is 2.01. The number of carbonyl (C=O) groups is 1. The van der Waals surface area contributed by atoms with Gasteiger partial charge >= 0.3 is 5.97 Å². The molecule has 0 aliphatic carbocycles. The van der Waals surface area contributed by atoms with Gasteiger partial charge in [0.25, 0.3) is 0 Å². The second kappa shape index (κ2) is 4.94. The zero-order valence-electron chi connectivity index (χ0n) is 8.94. The van der Waals surface area contributed by atoms with Gasteiger partial charge in [-0.05, 0) is 12.0 Å². The van der Waals surface area contributed by atoms with E-state index in [4.69, 9.17) is 10.8 Å². The summed E-state index contributed by atoms with van der Waals surface area (Å²) in [5.74, 6) is -0.852. The lowest BCUT2D eigenvalue weighted by Gasteiger charge is -2.28. The minimum absolute atomic E-state index is 0.0230. The summed E-state index contributed by atoms with van der Waals surface area (Å²) in [4.78, 5) is 10.8. The van der Waals surface area contributed by atoms with E-state index in [1.807, 2.05) is 37.3 Å². The van der Waals surface area contributed by atoms with E-state index < -0.39 is 11.5 Å². The monoisotopic (exact) mass is 207 g/mol. The van der Waals surface area contributed by atoms with Crippen molar-refractivity contribution in [1.82, 2.24) is 0 Å². The Balaban J connectivity index is 2.95. The van der Waals surface area contributed by atoms with Crippen LogP contribution in [0.3, 0.4) is 0 Å². The molecular formula is C12H17NO2. The van der Waals surface area contributed by atoms with E-state index in [1.54, 1.807) is 0 Å². The fourth-order valence-corrected chi connectivity index (χ4v) is 1.82. The minimum atomic E-state index is -0.852. The van der Waals surface area contributed by atoms with Crippen molar-refractivity contribution in [3.63, 3.8) is 0 Å². The van der Waals surface area contributed by atoms with E-state index >= 15 is 0 Å². The Labute approximate surface area is 89.9 Å². The van der Waals surface area contributed by atoms with Crippen molar-refractivity contribution < 1.29 is 9.90 Å². The second-order valence-corrected chi connectivity index (χ2v) is 3.84. The molecule has 0 fully saturated rings. The highest BCUT2D eigenvalue weighted by molar-refractivity contribution is 5.68. The quantitative estimate of drug-likeness (QED) is 0.777. The molecule has 1 atom stereocenters. The van der Waals surface area contributed by atoms with E-state index in [1.165, 1.54) is 0 Å². The van der Waals surface area contributed by atoms with Crippen LogP contribution < -0.4 is 5.73 Å². The van der Waals surface area contributed by atoms with Crippen molar-refractivity contribution in [2.75, 3.05) is 0 Å². The first-order chi connectivity index (χ1) is 7.08. The van der Waals surface area contributed by atoms with Crippen LogP contribution in [0.1, 0.15) is 31.7 Å². The first-order valence-electron chi connectivity index (χ1n) is 5.14. The average molecular weight is 207 g/mol. The van der Waals surface area contributed by atoms with Gasteiger partial charge in [0.05, 0.1) is 12.0 Å². The molecule has 15 heavy (non-hydrogen) atoms. The Kier molecular flexibility index (Phi) is 3.86. The highest BCUT2D eigenvalue weighted by Crippen LogP contribution is 2.27. The lowest BCUT2D eigenvalue weighted by molar-refractivity contribution is -0.138. The van der Waals surface area contributed by atoms with Gasteiger partial charge in [0.15, 0.2) is 0 Å². The van der Waals surface area contributed by atoms with Crippen molar-refractivity contribution in [2.24, 2.45) is 5.73 Å². The molecular weight excluding hydrogens is 190 g/mol. The number of aliphatic carboxylic acids is 1. The Morgan fingerprint density at radius 2 is 2.00 bits per heavy atom. The van der Waals surface area contributed by atoms with Crippen molar-refractivity contribution in [3.05, 3.63) is 35.9 Å². The van der Waals surface area contributed by atoms with Gasteiger partial charge in [-0.15, -0.1) is 0 Å². The van der Waals surface area contributed by atoms with Crippen LogP contribution in [0.25, 0.3) is 0 Å². The molecule has 3 N–H and O–H groups in total. The lowest BCUT2D eigenvalue weighted by atomic mass is 9.84. The lowest BCUT2D eigenvalue weighted by Crippen LogP contribution is -2.38. The summed E-state index contributed by atoms with van der Waals surface area (Å²) < 4.78 is 0. The van der Waals surface area contributed by atoms with Crippen molar-refractivity contribution in [2.45, 2.75) is 31.7 Å². The third kappa shape index (κ3) is 3.06. The zero-order chi connectivity index (χ0) is 11.3. The maximum atomic E-state index is 10.8. The summed E-state index contributed by atoms with van der Waals surface area (Å²) in [7, 11) is 0. The maximum absolute atomic E-state index is 10.8. The fraction of sp³-hybridized carbons (Fsp3) is 0.417. The van der Waals surface area contributed by atoms with Crippen LogP contribution in [-0.2, 0) is 10.3 Å². The van der Waals surface area contributed by atoms with E-state index in [-0.39, 0.29) is 6.42 Å². The molecule has 0 unspecified atom stereocenters. The third-order valence-electron chi connectivity index (χ3n) is 2.51. The Morgan fingerprint density at radius 1 is 1.40 bits per heavy atom. The van der Waals surface area contributed by atoms with Crippen LogP contribution in [0.15, 0.2) is 30.3 Å². The van der Waals surface area contributed by atoms with E-state index in [2.05, 4.69) is 0 Å². The van der Waals surface area contributed by atoms with Crippen molar-refractivity contribution in [3.8, 4) is 0 Å². The van der Waals surface area contributed by atoms with Crippen LogP contribution in [0.2, 0.25) is 0 Å². The van der Waals surface area contributed by atoms with Crippen LogP contribution in [0.4, 0.5) is 0 Å². The van der Waals surface area contributed by atoms with Gasteiger partial charge in [-0.25, -0.2) is 0 Å². The number of hydrogen-bond donors (Lipinski definition) is 2. The first-order valence-corrected chi connectivity index (χ1v) is 5.14. The van der Waals surface area contributed by atoms with E-state index in [9.17, 15) is 4.79 Å². The highest BCUT2D eigenvalue weighted by atomic mass is 16.4. The van der Waals surface area contributed by atoms with Gasteiger partial charge in [0, 0.05) is 0 Å². The molecule has 0 spiro atoms. The molecule has 0 aliphatic heterocycles. The predicted molar refractivity (Wildman–Crippen MR) is 59.5 cm³/mol. The van der Waals surface area contributed by atoms with Gasteiger partial charge in [0.1, 0.15) is 0 Å². The summed E-state index contributed by atoms with van der Waals surface area (Å²) >= 11 is 0. The van der Waals surface area contributed by atoms with Crippen molar-refractivity contribution >= 4 is 5.97 Å². The van der Waals surface area contributed by atoms with Crippen LogP contribution in [0, 0.1) is 0 Å². The Bertz CT molecular complexity index is 324. The number of nitrogens with two attached hydrogens (primary N) is 1. The molecule has 0 saturated carbocycles. The average Bonchev–Trinajstić information content (AvgIpc) is 2.18. The van der Waals surface area contributed by atoms with Crippen LogP contribution in [-0.4, -0.2) is 11.1 Å². The molecule has 0 saturated heterocycles. The molecule has 0 amide bonds. The van der Waals surface area contributed by atoms with Gasteiger partial charge < -0.3 is 10.8 Å². The van der Waals surface area contributed by atoms with Crippen LogP contribution >= 0.6 is 0 Å². The molecule has 0 heterocycles. The smallest absolute Gasteiger partial charge is 0.305 e. The molecule has 3 nitrogen and oxygen atoms in total. The highest BCUT2D eigenvalue weighted by Gasteiger charge is 2.28. The summed E-state index contributed by atoms with van der Waals surface area (Å²) in [5.41, 5.74) is 6.31. The largest absolute Gasteiger partial charge is 0.481 e. The minimum Gasteiger partial charge on any atom is -0.481 e. The number of benzene rings is 1. The van der Waals surface area contributed by atoms with Crippen molar-refractivity contribution in [1.29, 1.82) is 0 Å². The number of carboxylic acid groups (broad SMARTS) is 1. The molecule has 0 aliphatic rings. The number of rotatable bonds is 5. The maximum Gasteiger partial charge on any atom is 0.305 e. The molecule has 1 aromatic carbocycles.